The number of methoxy groups -OCH3 is 1. The van der Waals surface area contributed by atoms with E-state index in [1.165, 1.54) is 28.7 Å². The smallest absolute Gasteiger partial charge is 0.416 e. The highest BCUT2D eigenvalue weighted by Crippen LogP contribution is 2.32. The van der Waals surface area contributed by atoms with Crippen LogP contribution in [0.5, 0.6) is 5.75 Å². The summed E-state index contributed by atoms with van der Waals surface area (Å²) >= 11 is 0. The summed E-state index contributed by atoms with van der Waals surface area (Å²) in [6.45, 7) is 5.47. The molecule has 0 aliphatic carbocycles. The lowest BCUT2D eigenvalue weighted by Crippen LogP contribution is -2.37. The molecule has 37 heavy (non-hydrogen) atoms. The predicted molar refractivity (Wildman–Crippen MR) is 135 cm³/mol. The summed E-state index contributed by atoms with van der Waals surface area (Å²) in [4.78, 5) is 33.4. The van der Waals surface area contributed by atoms with Crippen LogP contribution in [0.15, 0.2) is 71.5 Å². The Morgan fingerprint density at radius 1 is 1.08 bits per heavy atom. The van der Waals surface area contributed by atoms with Crippen LogP contribution in [0.4, 0.5) is 13.2 Å². The molecule has 3 aromatic carbocycles. The fourth-order valence-corrected chi connectivity index (χ4v) is 4.36. The molecule has 0 fully saturated rings. The summed E-state index contributed by atoms with van der Waals surface area (Å²) in [5.41, 5.74) is 0.411. The molecule has 1 heterocycles. The third-order valence-electron chi connectivity index (χ3n) is 6.26. The Balaban J connectivity index is 1.92. The minimum atomic E-state index is -4.58. The average molecular weight is 510 g/mol. The molecule has 0 aliphatic rings. The van der Waals surface area contributed by atoms with E-state index in [1.54, 1.807) is 50.2 Å². The summed E-state index contributed by atoms with van der Waals surface area (Å²) in [6.07, 6.45) is -4.58. The van der Waals surface area contributed by atoms with Crippen molar-refractivity contribution in [2.45, 2.75) is 33.0 Å². The van der Waals surface area contributed by atoms with Crippen LogP contribution in [0.25, 0.3) is 16.6 Å². The lowest BCUT2D eigenvalue weighted by atomic mass is 10.1. The van der Waals surface area contributed by atoms with Gasteiger partial charge in [0.1, 0.15) is 11.6 Å². The molecular formula is C28H26F3N3O3. The van der Waals surface area contributed by atoms with Gasteiger partial charge in [0.25, 0.3) is 11.5 Å². The molecule has 0 N–H and O–H groups in total. The molecule has 1 unspecified atom stereocenters. The van der Waals surface area contributed by atoms with Gasteiger partial charge in [0.15, 0.2) is 0 Å². The van der Waals surface area contributed by atoms with Crippen molar-refractivity contribution in [3.05, 3.63) is 99.6 Å². The summed E-state index contributed by atoms with van der Waals surface area (Å²) in [7, 11) is 1.49. The zero-order valence-electron chi connectivity index (χ0n) is 20.8. The number of carbonyl (C=O) groups is 1. The zero-order valence-corrected chi connectivity index (χ0v) is 20.8. The van der Waals surface area contributed by atoms with Gasteiger partial charge in [-0.3, -0.25) is 14.2 Å². The fraction of sp³-hybridized carbons (Fsp3) is 0.250. The van der Waals surface area contributed by atoms with Crippen molar-refractivity contribution >= 4 is 16.8 Å². The second-order valence-electron chi connectivity index (χ2n) is 8.65. The summed E-state index contributed by atoms with van der Waals surface area (Å²) in [5, 5.41) is 0.384. The van der Waals surface area contributed by atoms with Crippen LogP contribution < -0.4 is 10.3 Å². The van der Waals surface area contributed by atoms with Gasteiger partial charge in [0.05, 0.1) is 35.3 Å². The molecule has 192 valence electrons. The van der Waals surface area contributed by atoms with Crippen LogP contribution in [0.3, 0.4) is 0 Å². The number of carbonyl (C=O) groups excluding carboxylic acids is 1. The number of rotatable bonds is 6. The first-order valence-corrected chi connectivity index (χ1v) is 11.7. The number of benzene rings is 3. The van der Waals surface area contributed by atoms with Gasteiger partial charge < -0.3 is 9.64 Å². The highest BCUT2D eigenvalue weighted by Gasteiger charge is 2.32. The SMILES string of the molecule is CCN(C(=O)c1cccc(C(F)(F)F)c1)C(C)c1nc2ccccc2c(=O)n1-c1cc(C)ccc1OC. The number of ether oxygens (including phenoxy) is 1. The number of hydrogen-bond acceptors (Lipinski definition) is 4. The van der Waals surface area contributed by atoms with Crippen LogP contribution in [0.2, 0.25) is 0 Å². The number of amides is 1. The van der Waals surface area contributed by atoms with Gasteiger partial charge in [-0.1, -0.05) is 24.3 Å². The van der Waals surface area contributed by atoms with Crippen molar-refractivity contribution < 1.29 is 22.7 Å². The van der Waals surface area contributed by atoms with E-state index in [9.17, 15) is 22.8 Å². The first kappa shape index (κ1) is 25.9. The number of hydrogen-bond donors (Lipinski definition) is 0. The highest BCUT2D eigenvalue weighted by atomic mass is 19.4. The molecule has 1 aromatic heterocycles. The Morgan fingerprint density at radius 3 is 2.49 bits per heavy atom. The molecule has 1 atom stereocenters. The number of para-hydroxylation sites is 1. The lowest BCUT2D eigenvalue weighted by molar-refractivity contribution is -0.137. The Morgan fingerprint density at radius 2 is 1.81 bits per heavy atom. The van der Waals surface area contributed by atoms with Crippen LogP contribution in [0.1, 0.15) is 47.2 Å². The maximum absolute atomic E-state index is 13.8. The second kappa shape index (κ2) is 10.1. The van der Waals surface area contributed by atoms with Gasteiger partial charge in [0, 0.05) is 12.1 Å². The Hall–Kier alpha value is -4.14. The monoisotopic (exact) mass is 509 g/mol. The van der Waals surface area contributed by atoms with E-state index in [0.717, 1.165) is 17.7 Å². The van der Waals surface area contributed by atoms with E-state index in [0.29, 0.717) is 22.3 Å². The van der Waals surface area contributed by atoms with Gasteiger partial charge in [0.2, 0.25) is 0 Å². The second-order valence-corrected chi connectivity index (χ2v) is 8.65. The third kappa shape index (κ3) is 4.94. The molecule has 0 saturated carbocycles. The summed E-state index contributed by atoms with van der Waals surface area (Å²) in [5.74, 6) is 0.0894. The highest BCUT2D eigenvalue weighted by molar-refractivity contribution is 5.94. The number of fused-ring (bicyclic) bond motifs is 1. The predicted octanol–water partition coefficient (Wildman–Crippen LogP) is 5.94. The molecule has 9 heteroatoms. The Bertz CT molecular complexity index is 1530. The number of aromatic nitrogens is 2. The topological polar surface area (TPSA) is 64.4 Å². The van der Waals surface area contributed by atoms with E-state index in [2.05, 4.69) is 0 Å². The van der Waals surface area contributed by atoms with Crippen molar-refractivity contribution in [3.63, 3.8) is 0 Å². The Labute approximate surface area is 211 Å². The van der Waals surface area contributed by atoms with E-state index < -0.39 is 23.7 Å². The van der Waals surface area contributed by atoms with Gasteiger partial charge in [-0.2, -0.15) is 13.2 Å². The van der Waals surface area contributed by atoms with Crippen molar-refractivity contribution in [1.29, 1.82) is 0 Å². The minimum Gasteiger partial charge on any atom is -0.495 e. The van der Waals surface area contributed by atoms with E-state index >= 15 is 0 Å². The maximum Gasteiger partial charge on any atom is 0.416 e. The number of alkyl halides is 3. The van der Waals surface area contributed by atoms with Crippen molar-refractivity contribution in [2.24, 2.45) is 0 Å². The number of halogens is 3. The number of aryl methyl sites for hydroxylation is 1. The van der Waals surface area contributed by atoms with Crippen molar-refractivity contribution in [1.82, 2.24) is 14.5 Å². The molecule has 0 bridgehead atoms. The van der Waals surface area contributed by atoms with Crippen LogP contribution in [-0.4, -0.2) is 34.0 Å². The first-order valence-electron chi connectivity index (χ1n) is 11.7. The molecule has 0 aliphatic heterocycles. The van der Waals surface area contributed by atoms with Crippen molar-refractivity contribution in [3.8, 4) is 11.4 Å². The summed E-state index contributed by atoms with van der Waals surface area (Å²) < 4.78 is 46.8. The molecule has 0 saturated heterocycles. The number of nitrogens with zero attached hydrogens (tertiary/aromatic N) is 3. The van der Waals surface area contributed by atoms with E-state index in [1.807, 2.05) is 13.0 Å². The van der Waals surface area contributed by atoms with Gasteiger partial charge >= 0.3 is 6.18 Å². The Kier molecular flexibility index (Phi) is 7.07. The molecule has 6 nitrogen and oxygen atoms in total. The van der Waals surface area contributed by atoms with Gasteiger partial charge in [-0.25, -0.2) is 4.98 Å². The van der Waals surface area contributed by atoms with Crippen LogP contribution in [0, 0.1) is 6.92 Å². The lowest BCUT2D eigenvalue weighted by Gasteiger charge is -2.30. The average Bonchev–Trinajstić information content (AvgIpc) is 2.88. The van der Waals surface area contributed by atoms with Crippen LogP contribution >= 0.6 is 0 Å². The molecular weight excluding hydrogens is 483 g/mol. The fourth-order valence-electron chi connectivity index (χ4n) is 4.36. The van der Waals surface area contributed by atoms with E-state index in [-0.39, 0.29) is 23.5 Å². The van der Waals surface area contributed by atoms with Crippen LogP contribution in [-0.2, 0) is 6.18 Å². The quantitative estimate of drug-likeness (QED) is 0.323. The standard InChI is InChI=1S/C28H26F3N3O3/c1-5-33(26(35)19-9-8-10-20(16-19)28(29,30)31)18(3)25-32-22-12-7-6-11-21(22)27(36)34(25)23-15-17(2)13-14-24(23)37-4/h6-16,18H,5H2,1-4H3. The largest absolute Gasteiger partial charge is 0.495 e. The molecule has 0 radical (unpaired) electrons. The molecule has 4 rings (SSSR count). The van der Waals surface area contributed by atoms with Gasteiger partial charge in [-0.15, -0.1) is 0 Å². The third-order valence-corrected chi connectivity index (χ3v) is 6.26. The van der Waals surface area contributed by atoms with Crippen molar-refractivity contribution in [2.75, 3.05) is 13.7 Å². The van der Waals surface area contributed by atoms with E-state index in [4.69, 9.17) is 9.72 Å². The van der Waals surface area contributed by atoms with Gasteiger partial charge in [-0.05, 0) is 68.8 Å². The minimum absolute atomic E-state index is 0.105. The normalized spacial score (nSPS) is 12.4. The first-order chi connectivity index (χ1) is 17.6. The zero-order chi connectivity index (χ0) is 26.9. The molecule has 4 aromatic rings. The maximum atomic E-state index is 13.8. The molecule has 1 amide bonds. The summed E-state index contributed by atoms with van der Waals surface area (Å²) in [6, 6.07) is 15.8. The molecule has 0 spiro atoms.